The fraction of sp³-hybridized carbons (Fsp3) is 0.829. The fourth-order valence-corrected chi connectivity index (χ4v) is 5.13. The Morgan fingerprint density at radius 3 is 1.43 bits per heavy atom. The molecule has 0 aromatic heterocycles. The maximum absolute atomic E-state index is 12.3. The second kappa shape index (κ2) is 31.5. The van der Waals surface area contributed by atoms with Gasteiger partial charge in [-0.25, -0.2) is 4.57 Å². The second-order valence-corrected chi connectivity index (χ2v) is 13.1. The van der Waals surface area contributed by atoms with Crippen LogP contribution in [-0.4, -0.2) is 41.0 Å². The largest absolute Gasteiger partial charge is 0.469 e. The highest BCUT2D eigenvalue weighted by atomic mass is 31.2. The average Bonchev–Trinajstić information content (AvgIpc) is 2.98. The van der Waals surface area contributed by atoms with E-state index in [0.717, 1.165) is 70.6 Å². The predicted molar refractivity (Wildman–Crippen MR) is 179 cm³/mol. The van der Waals surface area contributed by atoms with Crippen LogP contribution in [0.2, 0.25) is 0 Å². The molecule has 0 bridgehead atoms. The Bertz CT molecular complexity index is 777. The van der Waals surface area contributed by atoms with Crippen molar-refractivity contribution in [2.45, 2.75) is 174 Å². The summed E-state index contributed by atoms with van der Waals surface area (Å²) in [6.07, 6.45) is 33.3. The number of esters is 2. The number of allylic oxidation sites excluding steroid dienone is 4. The zero-order valence-electron chi connectivity index (χ0n) is 28.1. The predicted octanol–water partition coefficient (Wildman–Crippen LogP) is 10.1. The first-order valence-electron chi connectivity index (χ1n) is 17.6. The molecule has 0 rings (SSSR count). The highest BCUT2D eigenvalue weighted by Gasteiger charge is 2.22. The van der Waals surface area contributed by atoms with Crippen molar-refractivity contribution in [2.75, 3.05) is 13.2 Å². The quantitative estimate of drug-likeness (QED) is 0.0321. The molecule has 0 spiro atoms. The molecule has 258 valence electrons. The fourth-order valence-electron chi connectivity index (χ4n) is 4.77. The van der Waals surface area contributed by atoms with Gasteiger partial charge in [-0.15, -0.1) is 0 Å². The van der Waals surface area contributed by atoms with Gasteiger partial charge in [0, 0.05) is 12.8 Å². The van der Waals surface area contributed by atoms with E-state index < -0.39 is 32.5 Å². The van der Waals surface area contributed by atoms with E-state index in [-0.39, 0.29) is 19.4 Å². The van der Waals surface area contributed by atoms with E-state index in [9.17, 15) is 14.2 Å². The molecule has 0 heterocycles. The van der Waals surface area contributed by atoms with Crippen molar-refractivity contribution < 1.29 is 37.9 Å². The molecule has 0 aliphatic rings. The van der Waals surface area contributed by atoms with Gasteiger partial charge < -0.3 is 19.3 Å². The number of ether oxygens (including phenoxy) is 2. The molecule has 2 N–H and O–H groups in total. The number of hydrogen-bond donors (Lipinski definition) is 2. The minimum atomic E-state index is -4.75. The Hall–Kier alpha value is -1.47. The van der Waals surface area contributed by atoms with Crippen LogP contribution in [0.3, 0.4) is 0 Å². The first kappa shape index (κ1) is 42.5. The summed E-state index contributed by atoms with van der Waals surface area (Å²) in [6, 6.07) is 0. The van der Waals surface area contributed by atoms with Gasteiger partial charge in [-0.05, 0) is 64.2 Å². The molecule has 0 saturated carbocycles. The van der Waals surface area contributed by atoms with Crippen molar-refractivity contribution in [3.8, 4) is 0 Å². The number of unbranched alkanes of at least 4 members (excludes halogenated alkanes) is 18. The van der Waals surface area contributed by atoms with E-state index in [2.05, 4.69) is 42.7 Å². The van der Waals surface area contributed by atoms with Gasteiger partial charge in [0.15, 0.2) is 6.10 Å². The van der Waals surface area contributed by atoms with Crippen molar-refractivity contribution in [1.82, 2.24) is 0 Å². The van der Waals surface area contributed by atoms with Crippen LogP contribution >= 0.6 is 7.82 Å². The highest BCUT2D eigenvalue weighted by molar-refractivity contribution is 7.46. The summed E-state index contributed by atoms with van der Waals surface area (Å²) in [7, 11) is -4.75. The van der Waals surface area contributed by atoms with Crippen LogP contribution in [0.1, 0.15) is 168 Å². The standard InChI is InChI=1S/C35H65O8P/c1-3-5-7-9-11-13-15-17-18-20-21-23-25-27-29-34(36)41-31-33(32-42-44(38,39)40)43-35(37)30-28-26-24-22-19-16-14-12-10-8-6-4-2/h12,14-15,17,33H,3-11,13,16,18-32H2,1-2H3,(H2,38,39,40)/b14-12-,17-15-/t33-/m1/s1. The van der Waals surface area contributed by atoms with Crippen molar-refractivity contribution in [3.05, 3.63) is 24.3 Å². The molecule has 0 unspecified atom stereocenters. The number of carbonyl (C=O) groups is 2. The van der Waals surface area contributed by atoms with Crippen LogP contribution in [0.4, 0.5) is 0 Å². The van der Waals surface area contributed by atoms with Gasteiger partial charge in [0.2, 0.25) is 0 Å². The normalized spacial score (nSPS) is 12.7. The molecule has 0 fully saturated rings. The van der Waals surface area contributed by atoms with Crippen LogP contribution in [0.25, 0.3) is 0 Å². The Morgan fingerprint density at radius 1 is 0.568 bits per heavy atom. The molecule has 1 atom stereocenters. The summed E-state index contributed by atoms with van der Waals surface area (Å²) in [5, 5.41) is 0. The van der Waals surface area contributed by atoms with Gasteiger partial charge in [-0.1, -0.05) is 115 Å². The molecule has 0 aliphatic heterocycles. The zero-order chi connectivity index (χ0) is 32.6. The molecule has 8 nitrogen and oxygen atoms in total. The maximum atomic E-state index is 12.3. The summed E-state index contributed by atoms with van der Waals surface area (Å²) in [6.45, 7) is 3.61. The van der Waals surface area contributed by atoms with E-state index in [1.165, 1.54) is 57.8 Å². The van der Waals surface area contributed by atoms with Crippen LogP contribution < -0.4 is 0 Å². The lowest BCUT2D eigenvalue weighted by Crippen LogP contribution is -2.29. The molecule has 9 heteroatoms. The molecule has 44 heavy (non-hydrogen) atoms. The van der Waals surface area contributed by atoms with Gasteiger partial charge in [0.25, 0.3) is 0 Å². The molecule has 0 radical (unpaired) electrons. The van der Waals surface area contributed by atoms with Gasteiger partial charge in [0.05, 0.1) is 6.61 Å². The topological polar surface area (TPSA) is 119 Å². The van der Waals surface area contributed by atoms with Crippen LogP contribution in [0.15, 0.2) is 24.3 Å². The lowest BCUT2D eigenvalue weighted by Gasteiger charge is -2.18. The van der Waals surface area contributed by atoms with Gasteiger partial charge in [-0.2, -0.15) is 0 Å². The van der Waals surface area contributed by atoms with E-state index in [1.807, 2.05) is 0 Å². The number of rotatable bonds is 32. The lowest BCUT2D eigenvalue weighted by molar-refractivity contribution is -0.161. The minimum Gasteiger partial charge on any atom is -0.462 e. The lowest BCUT2D eigenvalue weighted by atomic mass is 10.1. The zero-order valence-corrected chi connectivity index (χ0v) is 29.0. The van der Waals surface area contributed by atoms with Crippen LogP contribution in [-0.2, 0) is 28.2 Å². The first-order chi connectivity index (χ1) is 21.3. The molecule has 0 amide bonds. The van der Waals surface area contributed by atoms with Crippen molar-refractivity contribution in [1.29, 1.82) is 0 Å². The summed E-state index contributed by atoms with van der Waals surface area (Å²) in [5.74, 6) is -0.905. The molecule has 0 aromatic rings. The van der Waals surface area contributed by atoms with E-state index in [1.54, 1.807) is 0 Å². The maximum Gasteiger partial charge on any atom is 0.469 e. The van der Waals surface area contributed by atoms with Crippen molar-refractivity contribution in [2.24, 2.45) is 0 Å². The third-order valence-electron chi connectivity index (χ3n) is 7.44. The highest BCUT2D eigenvalue weighted by Crippen LogP contribution is 2.36. The van der Waals surface area contributed by atoms with Crippen LogP contribution in [0.5, 0.6) is 0 Å². The third kappa shape index (κ3) is 33.4. The smallest absolute Gasteiger partial charge is 0.462 e. The number of phosphoric ester groups is 1. The Morgan fingerprint density at radius 2 is 0.955 bits per heavy atom. The number of hydrogen-bond acceptors (Lipinski definition) is 6. The van der Waals surface area contributed by atoms with E-state index in [4.69, 9.17) is 19.3 Å². The van der Waals surface area contributed by atoms with Gasteiger partial charge >= 0.3 is 19.8 Å². The van der Waals surface area contributed by atoms with Gasteiger partial charge in [0.1, 0.15) is 6.61 Å². The molecule has 0 aliphatic carbocycles. The Balaban J connectivity index is 4.02. The second-order valence-electron chi connectivity index (χ2n) is 11.8. The van der Waals surface area contributed by atoms with Crippen LogP contribution in [0, 0.1) is 0 Å². The monoisotopic (exact) mass is 644 g/mol. The van der Waals surface area contributed by atoms with E-state index in [0.29, 0.717) is 12.8 Å². The number of carbonyl (C=O) groups excluding carboxylic acids is 2. The van der Waals surface area contributed by atoms with E-state index >= 15 is 0 Å². The Labute approximate surface area is 269 Å². The Kier molecular flexibility index (Phi) is 30.5. The average molecular weight is 645 g/mol. The summed E-state index contributed by atoms with van der Waals surface area (Å²) < 4.78 is 26.2. The van der Waals surface area contributed by atoms with Crippen molar-refractivity contribution >= 4 is 19.8 Å². The molecule has 0 aromatic carbocycles. The minimum absolute atomic E-state index is 0.201. The summed E-state index contributed by atoms with van der Waals surface area (Å²) in [4.78, 5) is 42.5. The summed E-state index contributed by atoms with van der Waals surface area (Å²) >= 11 is 0. The van der Waals surface area contributed by atoms with Crippen molar-refractivity contribution in [3.63, 3.8) is 0 Å². The number of phosphoric acid groups is 1. The van der Waals surface area contributed by atoms with Gasteiger partial charge in [-0.3, -0.25) is 14.1 Å². The molecular weight excluding hydrogens is 579 g/mol. The third-order valence-corrected chi connectivity index (χ3v) is 7.93. The SMILES string of the molecule is CCCCC/C=C\CCCCCCCC(=O)O[C@H](COC(=O)CCCCCCC/C=C\CCCCCCC)COP(=O)(O)O. The first-order valence-corrected chi connectivity index (χ1v) is 19.2. The molecular formula is C35H65O8P. The molecule has 0 saturated heterocycles. The summed E-state index contributed by atoms with van der Waals surface area (Å²) in [5.41, 5.74) is 0.